The monoisotopic (exact) mass is 256 g/mol. The zero-order valence-electron chi connectivity index (χ0n) is 11.0. The molecule has 0 heterocycles. The smallest absolute Gasteiger partial charge is 0.211 e. The molecular formula is C12H16O6. The molecule has 0 saturated carbocycles. The lowest BCUT2D eigenvalue weighted by atomic mass is 10.1. The fourth-order valence-electron chi connectivity index (χ4n) is 1.73. The van der Waals surface area contributed by atoms with E-state index in [0.29, 0.717) is 0 Å². The van der Waals surface area contributed by atoms with Gasteiger partial charge >= 0.3 is 0 Å². The number of phenols is 1. The molecule has 1 rings (SSSR count). The van der Waals surface area contributed by atoms with Crippen molar-refractivity contribution in [3.05, 3.63) is 5.56 Å². The summed E-state index contributed by atoms with van der Waals surface area (Å²) in [6, 6.07) is 0. The molecule has 0 radical (unpaired) electrons. The average molecular weight is 256 g/mol. The van der Waals surface area contributed by atoms with Gasteiger partial charge in [-0.1, -0.05) is 0 Å². The summed E-state index contributed by atoms with van der Waals surface area (Å²) < 4.78 is 20.4. The van der Waals surface area contributed by atoms with Gasteiger partial charge in [-0.3, -0.25) is 4.79 Å². The van der Waals surface area contributed by atoms with Crippen molar-refractivity contribution in [2.45, 2.75) is 6.92 Å². The van der Waals surface area contributed by atoms with Crippen molar-refractivity contribution in [1.29, 1.82) is 0 Å². The van der Waals surface area contributed by atoms with E-state index in [1.54, 1.807) is 0 Å². The molecule has 6 heteroatoms. The molecule has 0 bridgehead atoms. The maximum absolute atomic E-state index is 11.6. The van der Waals surface area contributed by atoms with Crippen molar-refractivity contribution in [2.24, 2.45) is 0 Å². The van der Waals surface area contributed by atoms with Crippen LogP contribution in [0.4, 0.5) is 0 Å². The Morgan fingerprint density at radius 3 is 1.56 bits per heavy atom. The second kappa shape index (κ2) is 5.48. The van der Waals surface area contributed by atoms with Crippen LogP contribution in [-0.4, -0.2) is 39.3 Å². The summed E-state index contributed by atoms with van der Waals surface area (Å²) in [5.74, 6) is -0.206. The number of ether oxygens (including phenoxy) is 4. The number of hydrogen-bond donors (Lipinski definition) is 1. The molecule has 0 aromatic heterocycles. The van der Waals surface area contributed by atoms with E-state index in [1.165, 1.54) is 35.4 Å². The van der Waals surface area contributed by atoms with Crippen LogP contribution in [0, 0.1) is 0 Å². The molecule has 0 saturated heterocycles. The van der Waals surface area contributed by atoms with Crippen molar-refractivity contribution >= 4 is 5.78 Å². The Hall–Kier alpha value is -2.11. The van der Waals surface area contributed by atoms with Crippen LogP contribution in [0.15, 0.2) is 0 Å². The standard InChI is InChI=1S/C12H16O6/c1-6(13)7-8(14)10(16-3)12(18-5)11(17-4)9(7)15-2/h14H,1-5H3. The normalized spacial score (nSPS) is 9.83. The van der Waals surface area contributed by atoms with Crippen molar-refractivity contribution in [2.75, 3.05) is 28.4 Å². The number of methoxy groups -OCH3 is 4. The summed E-state index contributed by atoms with van der Waals surface area (Å²) in [6.45, 7) is 1.31. The first kappa shape index (κ1) is 14.0. The second-order valence-electron chi connectivity index (χ2n) is 3.41. The third-order valence-corrected chi connectivity index (χ3v) is 2.47. The lowest BCUT2D eigenvalue weighted by Gasteiger charge is -2.19. The van der Waals surface area contributed by atoms with E-state index in [4.69, 9.17) is 18.9 Å². The number of benzene rings is 1. The Kier molecular flexibility index (Phi) is 4.25. The van der Waals surface area contributed by atoms with Crippen molar-refractivity contribution in [3.63, 3.8) is 0 Å². The molecule has 0 aliphatic heterocycles. The minimum atomic E-state index is -0.372. The minimum absolute atomic E-state index is 0.00741. The van der Waals surface area contributed by atoms with Gasteiger partial charge in [0.15, 0.2) is 17.3 Å². The van der Waals surface area contributed by atoms with E-state index in [0.717, 1.165) is 0 Å². The average Bonchev–Trinajstić information content (AvgIpc) is 2.36. The van der Waals surface area contributed by atoms with Crippen LogP contribution >= 0.6 is 0 Å². The Morgan fingerprint density at radius 2 is 1.22 bits per heavy atom. The molecule has 0 unspecified atom stereocenters. The van der Waals surface area contributed by atoms with Gasteiger partial charge in [-0.05, 0) is 6.92 Å². The molecule has 0 fully saturated rings. The fourth-order valence-corrected chi connectivity index (χ4v) is 1.73. The minimum Gasteiger partial charge on any atom is -0.504 e. The van der Waals surface area contributed by atoms with Crippen molar-refractivity contribution in [1.82, 2.24) is 0 Å². The summed E-state index contributed by atoms with van der Waals surface area (Å²) in [7, 11) is 5.52. The quantitative estimate of drug-likeness (QED) is 0.807. The number of Topliss-reactive ketones (excluding diaryl/α,β-unsaturated/α-hetero) is 1. The topological polar surface area (TPSA) is 74.2 Å². The summed E-state index contributed by atoms with van der Waals surface area (Å²) in [5.41, 5.74) is -0.00741. The molecule has 0 aliphatic carbocycles. The first-order valence-electron chi connectivity index (χ1n) is 5.13. The van der Waals surface area contributed by atoms with Gasteiger partial charge in [0, 0.05) is 0 Å². The van der Waals surface area contributed by atoms with Gasteiger partial charge in [-0.25, -0.2) is 0 Å². The number of phenolic OH excluding ortho intramolecular Hbond substituents is 1. The van der Waals surface area contributed by atoms with Crippen LogP contribution in [0.5, 0.6) is 28.7 Å². The molecule has 0 aliphatic rings. The molecule has 0 atom stereocenters. The number of ketones is 1. The SMILES string of the molecule is COc1c(O)c(C(C)=O)c(OC)c(OC)c1OC. The first-order chi connectivity index (χ1) is 8.53. The summed E-state index contributed by atoms with van der Waals surface area (Å²) in [4.78, 5) is 11.6. The van der Waals surface area contributed by atoms with Crippen LogP contribution in [0.1, 0.15) is 17.3 Å². The molecule has 0 amide bonds. The Balaban J connectivity index is 3.79. The molecule has 1 N–H and O–H groups in total. The van der Waals surface area contributed by atoms with Crippen LogP contribution in [0.2, 0.25) is 0 Å². The third-order valence-electron chi connectivity index (χ3n) is 2.47. The highest BCUT2D eigenvalue weighted by Gasteiger charge is 2.29. The number of rotatable bonds is 5. The zero-order chi connectivity index (χ0) is 13.9. The lowest BCUT2D eigenvalue weighted by Crippen LogP contribution is -2.05. The van der Waals surface area contributed by atoms with Gasteiger partial charge in [0.25, 0.3) is 0 Å². The van der Waals surface area contributed by atoms with Gasteiger partial charge in [0.05, 0.1) is 28.4 Å². The molecule has 100 valence electrons. The van der Waals surface area contributed by atoms with Gasteiger partial charge in [-0.2, -0.15) is 0 Å². The van der Waals surface area contributed by atoms with Crippen LogP contribution in [0.25, 0.3) is 0 Å². The van der Waals surface area contributed by atoms with E-state index in [-0.39, 0.29) is 40.1 Å². The van der Waals surface area contributed by atoms with E-state index in [1.807, 2.05) is 0 Å². The summed E-state index contributed by atoms with van der Waals surface area (Å²) >= 11 is 0. The van der Waals surface area contributed by atoms with Crippen molar-refractivity contribution in [3.8, 4) is 28.7 Å². The van der Waals surface area contributed by atoms with Gasteiger partial charge in [0.1, 0.15) is 5.56 Å². The third kappa shape index (κ3) is 2.01. The Morgan fingerprint density at radius 1 is 0.833 bits per heavy atom. The van der Waals surface area contributed by atoms with Crippen molar-refractivity contribution < 1.29 is 28.8 Å². The highest BCUT2D eigenvalue weighted by Crippen LogP contribution is 2.52. The molecule has 1 aromatic rings. The number of carbonyl (C=O) groups is 1. The maximum Gasteiger partial charge on any atom is 0.211 e. The Bertz CT molecular complexity index is 466. The van der Waals surface area contributed by atoms with Gasteiger partial charge in [0.2, 0.25) is 17.2 Å². The highest BCUT2D eigenvalue weighted by atomic mass is 16.5. The second-order valence-corrected chi connectivity index (χ2v) is 3.41. The van der Waals surface area contributed by atoms with E-state index >= 15 is 0 Å². The highest BCUT2D eigenvalue weighted by molar-refractivity contribution is 6.02. The van der Waals surface area contributed by atoms with Crippen LogP contribution in [0.3, 0.4) is 0 Å². The first-order valence-corrected chi connectivity index (χ1v) is 5.13. The maximum atomic E-state index is 11.6. The molecule has 6 nitrogen and oxygen atoms in total. The van der Waals surface area contributed by atoms with Crippen LogP contribution in [-0.2, 0) is 0 Å². The molecule has 1 aromatic carbocycles. The fraction of sp³-hybridized carbons (Fsp3) is 0.417. The van der Waals surface area contributed by atoms with Crippen LogP contribution < -0.4 is 18.9 Å². The van der Waals surface area contributed by atoms with Gasteiger partial charge in [-0.15, -0.1) is 0 Å². The molecule has 0 spiro atoms. The molecule has 18 heavy (non-hydrogen) atoms. The zero-order valence-corrected chi connectivity index (χ0v) is 11.0. The Labute approximate surface area is 105 Å². The summed E-state index contributed by atoms with van der Waals surface area (Å²) in [5, 5.41) is 10.0. The van der Waals surface area contributed by atoms with E-state index < -0.39 is 0 Å². The predicted molar refractivity (Wildman–Crippen MR) is 64.3 cm³/mol. The van der Waals surface area contributed by atoms with E-state index in [9.17, 15) is 9.90 Å². The summed E-state index contributed by atoms with van der Waals surface area (Å²) in [6.07, 6.45) is 0. The molecular weight excluding hydrogens is 240 g/mol. The largest absolute Gasteiger partial charge is 0.504 e. The number of carbonyl (C=O) groups excluding carboxylic acids is 1. The van der Waals surface area contributed by atoms with E-state index in [2.05, 4.69) is 0 Å². The van der Waals surface area contributed by atoms with Gasteiger partial charge < -0.3 is 24.1 Å². The lowest BCUT2D eigenvalue weighted by molar-refractivity contribution is 0.101. The predicted octanol–water partition coefficient (Wildman–Crippen LogP) is 1.63. The number of aromatic hydroxyl groups is 1. The number of hydrogen-bond acceptors (Lipinski definition) is 6.